The molecule has 1 atom stereocenters. The van der Waals surface area contributed by atoms with Crippen molar-refractivity contribution in [2.24, 2.45) is 10.9 Å². The van der Waals surface area contributed by atoms with Crippen molar-refractivity contribution in [2.45, 2.75) is 32.7 Å². The number of piperazine rings is 1. The molecule has 0 amide bonds. The second-order valence-corrected chi connectivity index (χ2v) is 4.43. The van der Waals surface area contributed by atoms with Gasteiger partial charge in [0.05, 0.1) is 6.04 Å². The van der Waals surface area contributed by atoms with Gasteiger partial charge in [-0.15, -0.1) is 0 Å². The minimum Gasteiger partial charge on any atom is -0.409 e. The molecule has 1 saturated heterocycles. The zero-order valence-electron chi connectivity index (χ0n) is 10.4. The Morgan fingerprint density at radius 3 is 2.50 bits per heavy atom. The number of rotatable bonds is 5. The van der Waals surface area contributed by atoms with Crippen LogP contribution in [0.2, 0.25) is 0 Å². The monoisotopic (exact) mass is 228 g/mol. The summed E-state index contributed by atoms with van der Waals surface area (Å²) < 4.78 is 0. The Morgan fingerprint density at radius 1 is 1.38 bits per heavy atom. The number of oxime groups is 1. The molecular weight excluding hydrogens is 204 g/mol. The van der Waals surface area contributed by atoms with E-state index in [0.29, 0.717) is 5.84 Å². The molecule has 1 fully saturated rings. The fourth-order valence-electron chi connectivity index (χ4n) is 2.03. The van der Waals surface area contributed by atoms with Crippen molar-refractivity contribution in [3.05, 3.63) is 0 Å². The van der Waals surface area contributed by atoms with Crippen LogP contribution in [0.4, 0.5) is 0 Å². The molecular formula is C11H24N4O. The zero-order valence-corrected chi connectivity index (χ0v) is 10.4. The van der Waals surface area contributed by atoms with Crippen LogP contribution < -0.4 is 5.73 Å². The van der Waals surface area contributed by atoms with E-state index in [0.717, 1.165) is 26.2 Å². The third kappa shape index (κ3) is 3.64. The predicted molar refractivity (Wildman–Crippen MR) is 65.8 cm³/mol. The highest BCUT2D eigenvalue weighted by molar-refractivity contribution is 5.84. The van der Waals surface area contributed by atoms with E-state index in [2.05, 4.69) is 21.9 Å². The van der Waals surface area contributed by atoms with Crippen LogP contribution in [0.3, 0.4) is 0 Å². The lowest BCUT2D eigenvalue weighted by Crippen LogP contribution is -2.53. The zero-order chi connectivity index (χ0) is 12.0. The van der Waals surface area contributed by atoms with Crippen LogP contribution in [0.5, 0.6) is 0 Å². The minimum atomic E-state index is 0.0401. The third-order valence-electron chi connectivity index (χ3n) is 3.33. The van der Waals surface area contributed by atoms with E-state index in [-0.39, 0.29) is 6.04 Å². The molecule has 0 bridgehead atoms. The summed E-state index contributed by atoms with van der Waals surface area (Å²) in [5.41, 5.74) is 5.61. The number of nitrogens with zero attached hydrogens (tertiary/aromatic N) is 3. The number of hydrogen-bond donors (Lipinski definition) is 2. The Labute approximate surface area is 97.9 Å². The van der Waals surface area contributed by atoms with Gasteiger partial charge in [0.25, 0.3) is 0 Å². The summed E-state index contributed by atoms with van der Waals surface area (Å²) in [6.45, 7) is 9.57. The first-order valence-corrected chi connectivity index (χ1v) is 6.12. The van der Waals surface area contributed by atoms with Crippen LogP contribution in [0.15, 0.2) is 5.16 Å². The van der Waals surface area contributed by atoms with E-state index in [1.54, 1.807) is 0 Å². The Kier molecular flexibility index (Phi) is 5.55. The van der Waals surface area contributed by atoms with Gasteiger partial charge >= 0.3 is 0 Å². The second-order valence-electron chi connectivity index (χ2n) is 4.43. The summed E-state index contributed by atoms with van der Waals surface area (Å²) in [6.07, 6.45) is 2.52. The van der Waals surface area contributed by atoms with Gasteiger partial charge in [-0.05, 0) is 19.9 Å². The van der Waals surface area contributed by atoms with Crippen molar-refractivity contribution >= 4 is 5.84 Å². The maximum atomic E-state index is 8.63. The highest BCUT2D eigenvalue weighted by Crippen LogP contribution is 2.07. The average molecular weight is 228 g/mol. The first-order valence-electron chi connectivity index (χ1n) is 6.12. The van der Waals surface area contributed by atoms with E-state index in [9.17, 15) is 0 Å². The predicted octanol–water partition coefficient (Wildman–Crippen LogP) is 0.539. The van der Waals surface area contributed by atoms with Crippen LogP contribution in [0.1, 0.15) is 26.7 Å². The maximum absolute atomic E-state index is 8.63. The molecule has 0 aliphatic carbocycles. The lowest BCUT2D eigenvalue weighted by Gasteiger charge is -2.37. The smallest absolute Gasteiger partial charge is 0.156 e. The van der Waals surface area contributed by atoms with Gasteiger partial charge in [-0.25, -0.2) is 0 Å². The molecule has 0 radical (unpaired) electrons. The summed E-state index contributed by atoms with van der Waals surface area (Å²) in [5.74, 6) is 0.307. The van der Waals surface area contributed by atoms with Crippen LogP contribution >= 0.6 is 0 Å². The van der Waals surface area contributed by atoms with Crippen LogP contribution in [0, 0.1) is 0 Å². The summed E-state index contributed by atoms with van der Waals surface area (Å²) in [6, 6.07) is 0.0401. The van der Waals surface area contributed by atoms with Gasteiger partial charge in [0.15, 0.2) is 5.84 Å². The van der Waals surface area contributed by atoms with E-state index >= 15 is 0 Å². The average Bonchev–Trinajstić information content (AvgIpc) is 2.35. The van der Waals surface area contributed by atoms with Crippen LogP contribution in [-0.4, -0.2) is 59.6 Å². The molecule has 0 spiro atoms. The molecule has 0 saturated carbocycles. The van der Waals surface area contributed by atoms with Gasteiger partial charge in [-0.1, -0.05) is 18.5 Å². The topological polar surface area (TPSA) is 65.1 Å². The molecule has 0 aromatic rings. The van der Waals surface area contributed by atoms with Crippen molar-refractivity contribution in [1.29, 1.82) is 0 Å². The van der Waals surface area contributed by atoms with Gasteiger partial charge in [0.2, 0.25) is 0 Å². The summed E-state index contributed by atoms with van der Waals surface area (Å²) >= 11 is 0. The molecule has 16 heavy (non-hydrogen) atoms. The van der Waals surface area contributed by atoms with Gasteiger partial charge in [-0.3, -0.25) is 4.90 Å². The molecule has 1 rings (SSSR count). The maximum Gasteiger partial charge on any atom is 0.156 e. The fourth-order valence-corrected chi connectivity index (χ4v) is 2.03. The Morgan fingerprint density at radius 2 is 2.00 bits per heavy atom. The number of amidine groups is 1. The van der Waals surface area contributed by atoms with Gasteiger partial charge in [0.1, 0.15) is 0 Å². The molecule has 5 heteroatoms. The van der Waals surface area contributed by atoms with Crippen LogP contribution in [-0.2, 0) is 0 Å². The minimum absolute atomic E-state index is 0.0401. The van der Waals surface area contributed by atoms with Gasteiger partial charge in [-0.2, -0.15) is 0 Å². The Hall–Kier alpha value is -0.810. The lowest BCUT2D eigenvalue weighted by atomic mass is 10.2. The van der Waals surface area contributed by atoms with Crippen molar-refractivity contribution in [3.8, 4) is 0 Å². The standard InChI is InChI=1S/C11H24N4O/c1-3-4-5-14-6-8-15(9-7-14)10(2)11(12)13-16/h10,16H,3-9H2,1-2H3,(H2,12,13). The molecule has 1 unspecified atom stereocenters. The quantitative estimate of drug-likeness (QED) is 0.312. The molecule has 5 nitrogen and oxygen atoms in total. The van der Waals surface area contributed by atoms with E-state index in [4.69, 9.17) is 10.9 Å². The number of unbranched alkanes of at least 4 members (excludes halogenated alkanes) is 1. The highest BCUT2D eigenvalue weighted by atomic mass is 16.4. The fraction of sp³-hybridized carbons (Fsp3) is 0.909. The molecule has 94 valence electrons. The van der Waals surface area contributed by atoms with E-state index in [1.165, 1.54) is 19.4 Å². The van der Waals surface area contributed by atoms with Crippen molar-refractivity contribution in [3.63, 3.8) is 0 Å². The first kappa shape index (κ1) is 13.3. The largest absolute Gasteiger partial charge is 0.409 e. The molecule has 0 aromatic carbocycles. The summed E-state index contributed by atoms with van der Waals surface area (Å²) in [7, 11) is 0. The summed E-state index contributed by atoms with van der Waals surface area (Å²) in [4.78, 5) is 4.75. The molecule has 1 aliphatic heterocycles. The third-order valence-corrected chi connectivity index (χ3v) is 3.33. The first-order chi connectivity index (χ1) is 7.69. The summed E-state index contributed by atoms with van der Waals surface area (Å²) in [5, 5.41) is 11.7. The number of hydrogen-bond acceptors (Lipinski definition) is 4. The van der Waals surface area contributed by atoms with E-state index < -0.39 is 0 Å². The SMILES string of the molecule is CCCCN1CCN(C(C)C(N)=NO)CC1. The van der Waals surface area contributed by atoms with Gasteiger partial charge in [0, 0.05) is 26.2 Å². The normalized spacial score (nSPS) is 22.2. The molecule has 1 heterocycles. The number of nitrogens with two attached hydrogens (primary N) is 1. The Bertz CT molecular complexity index is 224. The van der Waals surface area contributed by atoms with Crippen molar-refractivity contribution in [1.82, 2.24) is 9.80 Å². The molecule has 3 N–H and O–H groups in total. The Balaban J connectivity index is 2.31. The second kappa shape index (κ2) is 6.70. The van der Waals surface area contributed by atoms with Crippen LogP contribution in [0.25, 0.3) is 0 Å². The lowest BCUT2D eigenvalue weighted by molar-refractivity contribution is 0.120. The highest BCUT2D eigenvalue weighted by Gasteiger charge is 2.22. The van der Waals surface area contributed by atoms with Gasteiger partial charge < -0.3 is 15.8 Å². The molecule has 0 aromatic heterocycles. The molecule has 1 aliphatic rings. The van der Waals surface area contributed by atoms with Crippen molar-refractivity contribution in [2.75, 3.05) is 32.7 Å². The van der Waals surface area contributed by atoms with E-state index in [1.807, 2.05) is 6.92 Å². The van der Waals surface area contributed by atoms with Crippen molar-refractivity contribution < 1.29 is 5.21 Å².